The van der Waals surface area contributed by atoms with Gasteiger partial charge in [0.2, 0.25) is 15.9 Å². The Morgan fingerprint density at radius 1 is 1.17 bits per heavy atom. The Morgan fingerprint density at radius 2 is 1.83 bits per heavy atom. The molecule has 1 aromatic carbocycles. The van der Waals surface area contributed by atoms with Crippen molar-refractivity contribution in [2.75, 3.05) is 19.3 Å². The number of unbranched alkanes of at least 4 members (excludes halogenated alkanes) is 2. The highest BCUT2D eigenvalue weighted by molar-refractivity contribution is 7.88. The number of benzene rings is 1. The molecule has 0 bridgehead atoms. The van der Waals surface area contributed by atoms with Crippen molar-refractivity contribution < 1.29 is 13.2 Å². The summed E-state index contributed by atoms with van der Waals surface area (Å²) < 4.78 is 24.8. The van der Waals surface area contributed by atoms with E-state index in [2.05, 4.69) is 12.2 Å². The van der Waals surface area contributed by atoms with Gasteiger partial charge >= 0.3 is 0 Å². The van der Waals surface area contributed by atoms with Crippen LogP contribution in [0.4, 0.5) is 0 Å². The molecule has 0 spiro atoms. The maximum absolute atomic E-state index is 11.9. The zero-order valence-corrected chi connectivity index (χ0v) is 15.3. The summed E-state index contributed by atoms with van der Waals surface area (Å²) in [5, 5.41) is 3.44. The minimum atomic E-state index is -3.27. The lowest BCUT2D eigenvalue weighted by atomic mass is 10.2. The molecule has 5 nitrogen and oxygen atoms in total. The van der Waals surface area contributed by atoms with Gasteiger partial charge in [0.25, 0.3) is 0 Å². The zero-order chi connectivity index (χ0) is 17.3. The number of rotatable bonds is 10. The van der Waals surface area contributed by atoms with E-state index in [1.807, 2.05) is 12.1 Å². The van der Waals surface area contributed by atoms with Gasteiger partial charge in [0.15, 0.2) is 0 Å². The van der Waals surface area contributed by atoms with Crippen molar-refractivity contribution in [2.24, 2.45) is 0 Å². The Balaban J connectivity index is 2.40. The molecular weight excluding hydrogens is 336 g/mol. The van der Waals surface area contributed by atoms with Crippen LogP contribution in [0.1, 0.15) is 38.2 Å². The molecule has 0 aromatic heterocycles. The van der Waals surface area contributed by atoms with E-state index in [0.29, 0.717) is 18.1 Å². The van der Waals surface area contributed by atoms with E-state index in [0.717, 1.165) is 24.8 Å². The van der Waals surface area contributed by atoms with Crippen molar-refractivity contribution in [3.05, 3.63) is 34.9 Å². The molecule has 0 heterocycles. The molecule has 0 saturated heterocycles. The van der Waals surface area contributed by atoms with E-state index in [1.54, 1.807) is 12.1 Å². The van der Waals surface area contributed by atoms with Crippen LogP contribution in [0.3, 0.4) is 0 Å². The van der Waals surface area contributed by atoms with Crippen LogP contribution < -0.4 is 5.32 Å². The Morgan fingerprint density at radius 3 is 2.39 bits per heavy atom. The van der Waals surface area contributed by atoms with Gasteiger partial charge < -0.3 is 5.32 Å². The SMILES string of the molecule is CCCCCN(CCC(=O)NCc1ccc(Cl)cc1)S(C)(=O)=O. The van der Waals surface area contributed by atoms with E-state index >= 15 is 0 Å². The van der Waals surface area contributed by atoms with Crippen LogP contribution in [0.15, 0.2) is 24.3 Å². The van der Waals surface area contributed by atoms with Crippen molar-refractivity contribution in [3.8, 4) is 0 Å². The molecule has 0 aliphatic rings. The fraction of sp³-hybridized carbons (Fsp3) is 0.562. The average molecular weight is 361 g/mol. The van der Waals surface area contributed by atoms with Gasteiger partial charge in [-0.2, -0.15) is 0 Å². The van der Waals surface area contributed by atoms with Gasteiger partial charge in [0.1, 0.15) is 0 Å². The van der Waals surface area contributed by atoms with Gasteiger partial charge in [0.05, 0.1) is 6.26 Å². The molecule has 1 N–H and O–H groups in total. The molecule has 0 saturated carbocycles. The van der Waals surface area contributed by atoms with Gasteiger partial charge in [-0.05, 0) is 24.1 Å². The van der Waals surface area contributed by atoms with Crippen LogP contribution in [0.5, 0.6) is 0 Å². The summed E-state index contributed by atoms with van der Waals surface area (Å²) in [6.45, 7) is 3.16. The van der Waals surface area contributed by atoms with Crippen LogP contribution in [0.2, 0.25) is 5.02 Å². The number of hydrogen-bond donors (Lipinski definition) is 1. The van der Waals surface area contributed by atoms with Crippen molar-refractivity contribution in [2.45, 2.75) is 39.2 Å². The first-order valence-electron chi connectivity index (χ1n) is 7.79. The standard InChI is InChI=1S/C16H25ClN2O3S/c1-3-4-5-11-19(23(2,21)22)12-10-16(20)18-13-14-6-8-15(17)9-7-14/h6-9H,3-5,10-13H2,1-2H3,(H,18,20). The third kappa shape index (κ3) is 8.34. The summed E-state index contributed by atoms with van der Waals surface area (Å²) in [4.78, 5) is 11.9. The fourth-order valence-electron chi connectivity index (χ4n) is 2.10. The highest BCUT2D eigenvalue weighted by atomic mass is 35.5. The summed E-state index contributed by atoms with van der Waals surface area (Å²) in [5.41, 5.74) is 0.950. The molecule has 1 amide bonds. The maximum Gasteiger partial charge on any atom is 0.221 e. The quantitative estimate of drug-likeness (QED) is 0.652. The number of nitrogens with one attached hydrogen (secondary N) is 1. The van der Waals surface area contributed by atoms with Gasteiger partial charge in [0, 0.05) is 31.1 Å². The predicted octanol–water partition coefficient (Wildman–Crippen LogP) is 2.80. The van der Waals surface area contributed by atoms with E-state index in [1.165, 1.54) is 10.6 Å². The number of nitrogens with zero attached hydrogens (tertiary/aromatic N) is 1. The topological polar surface area (TPSA) is 66.5 Å². The molecular formula is C16H25ClN2O3S. The van der Waals surface area contributed by atoms with Crippen molar-refractivity contribution >= 4 is 27.5 Å². The number of carbonyl (C=O) groups is 1. The molecule has 0 radical (unpaired) electrons. The van der Waals surface area contributed by atoms with E-state index < -0.39 is 10.0 Å². The summed E-state index contributed by atoms with van der Waals surface area (Å²) in [6, 6.07) is 7.22. The van der Waals surface area contributed by atoms with Crippen LogP contribution in [-0.2, 0) is 21.4 Å². The molecule has 0 fully saturated rings. The normalized spacial score (nSPS) is 11.7. The number of carbonyl (C=O) groups excluding carboxylic acids is 1. The molecule has 1 aromatic rings. The number of hydrogen-bond acceptors (Lipinski definition) is 3. The monoisotopic (exact) mass is 360 g/mol. The van der Waals surface area contributed by atoms with Crippen molar-refractivity contribution in [1.29, 1.82) is 0 Å². The highest BCUT2D eigenvalue weighted by Gasteiger charge is 2.17. The van der Waals surface area contributed by atoms with Crippen molar-refractivity contribution in [1.82, 2.24) is 9.62 Å². The Bertz CT molecular complexity index is 588. The Labute approximate surface area is 144 Å². The largest absolute Gasteiger partial charge is 0.352 e. The first-order chi connectivity index (χ1) is 10.8. The Kier molecular flexibility index (Phi) is 8.58. The van der Waals surface area contributed by atoms with Gasteiger partial charge in [-0.25, -0.2) is 12.7 Å². The molecule has 0 aliphatic heterocycles. The number of halogens is 1. The van der Waals surface area contributed by atoms with Gasteiger partial charge in [-0.15, -0.1) is 0 Å². The van der Waals surface area contributed by atoms with Crippen LogP contribution in [0.25, 0.3) is 0 Å². The second-order valence-electron chi connectivity index (χ2n) is 5.52. The third-order valence-corrected chi connectivity index (χ3v) is 5.03. The van der Waals surface area contributed by atoms with E-state index in [-0.39, 0.29) is 18.9 Å². The maximum atomic E-state index is 11.9. The lowest BCUT2D eigenvalue weighted by Crippen LogP contribution is -2.35. The summed E-state index contributed by atoms with van der Waals surface area (Å²) in [7, 11) is -3.27. The first-order valence-corrected chi connectivity index (χ1v) is 10.0. The van der Waals surface area contributed by atoms with Crippen LogP contribution in [-0.4, -0.2) is 38.0 Å². The zero-order valence-electron chi connectivity index (χ0n) is 13.7. The lowest BCUT2D eigenvalue weighted by Gasteiger charge is -2.19. The highest BCUT2D eigenvalue weighted by Crippen LogP contribution is 2.09. The van der Waals surface area contributed by atoms with Gasteiger partial charge in [-0.1, -0.05) is 43.5 Å². The number of sulfonamides is 1. The molecule has 0 aliphatic carbocycles. The second-order valence-corrected chi connectivity index (χ2v) is 7.94. The minimum absolute atomic E-state index is 0.160. The van der Waals surface area contributed by atoms with Crippen molar-refractivity contribution in [3.63, 3.8) is 0 Å². The smallest absolute Gasteiger partial charge is 0.221 e. The molecule has 23 heavy (non-hydrogen) atoms. The second kappa shape index (κ2) is 9.90. The number of amides is 1. The Hall–Kier alpha value is -1.11. The summed E-state index contributed by atoms with van der Waals surface area (Å²) >= 11 is 5.80. The lowest BCUT2D eigenvalue weighted by molar-refractivity contribution is -0.121. The summed E-state index contributed by atoms with van der Waals surface area (Å²) in [6.07, 6.45) is 4.17. The molecule has 0 unspecified atom stereocenters. The molecule has 7 heteroatoms. The minimum Gasteiger partial charge on any atom is -0.352 e. The van der Waals surface area contributed by atoms with Crippen LogP contribution >= 0.6 is 11.6 Å². The van der Waals surface area contributed by atoms with E-state index in [4.69, 9.17) is 11.6 Å². The first kappa shape index (κ1) is 19.9. The molecule has 130 valence electrons. The third-order valence-electron chi connectivity index (χ3n) is 3.47. The summed E-state index contributed by atoms with van der Waals surface area (Å²) in [5.74, 6) is -0.163. The molecule has 0 atom stereocenters. The molecule has 1 rings (SSSR count). The van der Waals surface area contributed by atoms with Crippen LogP contribution in [0, 0.1) is 0 Å². The fourth-order valence-corrected chi connectivity index (χ4v) is 3.11. The predicted molar refractivity (Wildman–Crippen MR) is 93.9 cm³/mol. The average Bonchev–Trinajstić information content (AvgIpc) is 2.49. The van der Waals surface area contributed by atoms with E-state index in [9.17, 15) is 13.2 Å². The van der Waals surface area contributed by atoms with Gasteiger partial charge in [-0.3, -0.25) is 4.79 Å².